The van der Waals surface area contributed by atoms with E-state index in [-0.39, 0.29) is 17.9 Å². The molecule has 3 N–H and O–H groups in total. The number of thiazole rings is 1. The Kier molecular flexibility index (Phi) is 4.43. The van der Waals surface area contributed by atoms with E-state index >= 15 is 0 Å². The number of carbonyl (C=O) groups is 2. The fourth-order valence-electron chi connectivity index (χ4n) is 6.07. The quantitative estimate of drug-likeness (QED) is 0.538. The average molecular weight is 379 g/mol. The number of anilines is 1. The van der Waals surface area contributed by atoms with Crippen LogP contribution in [0.2, 0.25) is 0 Å². The SMILES string of the molecule is CC(N(C(=O)O)c1nc(CC(=O)NO)cs1)C12CC3CC(CC(C3)C1)C2. The molecule has 0 saturated heterocycles. The molecule has 4 aliphatic rings. The number of carboxylic acid groups (broad SMARTS) is 1. The molecule has 5 rings (SSSR count). The summed E-state index contributed by atoms with van der Waals surface area (Å²) in [5.41, 5.74) is 2.11. The van der Waals surface area contributed by atoms with Gasteiger partial charge in [0.15, 0.2) is 5.13 Å². The van der Waals surface area contributed by atoms with E-state index in [1.165, 1.54) is 35.5 Å². The molecule has 4 saturated carbocycles. The highest BCUT2D eigenvalue weighted by Crippen LogP contribution is 2.62. The third-order valence-electron chi connectivity index (χ3n) is 6.78. The highest BCUT2D eigenvalue weighted by molar-refractivity contribution is 7.14. The standard InChI is InChI=1S/C18H25N3O4S/c1-10(18-6-11-2-12(7-18)4-13(3-11)8-18)21(17(23)24)16-19-14(9-26-16)5-15(22)20-25/h9-13,25H,2-8H2,1H3,(H,20,22)(H,23,24). The molecule has 8 heteroatoms. The fraction of sp³-hybridized carbons (Fsp3) is 0.722. The Hall–Kier alpha value is -1.67. The third kappa shape index (κ3) is 2.99. The molecule has 4 bridgehead atoms. The second kappa shape index (κ2) is 6.49. The summed E-state index contributed by atoms with van der Waals surface area (Å²) in [5.74, 6) is 1.69. The van der Waals surface area contributed by atoms with Gasteiger partial charge in [0.2, 0.25) is 5.91 Å². The number of hydrogen-bond acceptors (Lipinski definition) is 5. The Labute approximate surface area is 156 Å². The van der Waals surface area contributed by atoms with E-state index in [1.807, 2.05) is 6.92 Å². The summed E-state index contributed by atoms with van der Waals surface area (Å²) in [4.78, 5) is 29.2. The molecule has 142 valence electrons. The van der Waals surface area contributed by atoms with Gasteiger partial charge in [0.05, 0.1) is 12.1 Å². The monoisotopic (exact) mass is 379 g/mol. The van der Waals surface area contributed by atoms with Crippen LogP contribution in [0.25, 0.3) is 0 Å². The normalized spacial score (nSPS) is 33.1. The zero-order valence-corrected chi connectivity index (χ0v) is 15.7. The van der Waals surface area contributed by atoms with Gasteiger partial charge in [0, 0.05) is 11.4 Å². The summed E-state index contributed by atoms with van der Waals surface area (Å²) in [6.07, 6.45) is 6.26. The zero-order chi connectivity index (χ0) is 18.5. The molecule has 7 nitrogen and oxygen atoms in total. The summed E-state index contributed by atoms with van der Waals surface area (Å²) in [5, 5.41) is 20.7. The van der Waals surface area contributed by atoms with Gasteiger partial charge in [-0.3, -0.25) is 10.0 Å². The largest absolute Gasteiger partial charge is 0.465 e. The molecule has 26 heavy (non-hydrogen) atoms. The first-order valence-corrected chi connectivity index (χ1v) is 10.2. The Morgan fingerprint density at radius 1 is 1.31 bits per heavy atom. The van der Waals surface area contributed by atoms with Gasteiger partial charge in [-0.25, -0.2) is 20.2 Å². The van der Waals surface area contributed by atoms with Gasteiger partial charge >= 0.3 is 6.09 Å². The van der Waals surface area contributed by atoms with Crippen LogP contribution in [0.3, 0.4) is 0 Å². The number of nitrogens with zero attached hydrogens (tertiary/aromatic N) is 2. The molecule has 0 radical (unpaired) electrons. The molecule has 1 atom stereocenters. The van der Waals surface area contributed by atoms with Crippen molar-refractivity contribution < 1.29 is 19.9 Å². The van der Waals surface area contributed by atoms with Gasteiger partial charge < -0.3 is 5.11 Å². The number of nitrogens with one attached hydrogen (secondary N) is 1. The lowest BCUT2D eigenvalue weighted by Crippen LogP contribution is -2.57. The van der Waals surface area contributed by atoms with Gasteiger partial charge in [0.25, 0.3) is 0 Å². The van der Waals surface area contributed by atoms with E-state index in [0.29, 0.717) is 10.8 Å². The fourth-order valence-corrected chi connectivity index (χ4v) is 6.97. The molecule has 0 spiro atoms. The smallest absolute Gasteiger partial charge is 0.413 e. The lowest BCUT2D eigenvalue weighted by Gasteiger charge is -2.59. The van der Waals surface area contributed by atoms with Crippen molar-refractivity contribution in [3.63, 3.8) is 0 Å². The van der Waals surface area contributed by atoms with Crippen molar-refractivity contribution in [1.29, 1.82) is 0 Å². The van der Waals surface area contributed by atoms with E-state index in [2.05, 4.69) is 4.98 Å². The van der Waals surface area contributed by atoms with Gasteiger partial charge in [-0.05, 0) is 68.6 Å². The van der Waals surface area contributed by atoms with Crippen molar-refractivity contribution in [2.24, 2.45) is 23.2 Å². The average Bonchev–Trinajstić information content (AvgIpc) is 3.01. The number of aromatic nitrogens is 1. The first kappa shape index (κ1) is 17.7. The van der Waals surface area contributed by atoms with E-state index in [1.54, 1.807) is 10.9 Å². The molecule has 0 aromatic carbocycles. The molecular formula is C18H25N3O4S. The number of carbonyl (C=O) groups excluding carboxylic acids is 1. The molecule has 4 fully saturated rings. The maximum atomic E-state index is 12.1. The Balaban J connectivity index is 1.59. The molecular weight excluding hydrogens is 354 g/mol. The van der Waals surface area contributed by atoms with Crippen LogP contribution in [0, 0.1) is 23.2 Å². The summed E-state index contributed by atoms with van der Waals surface area (Å²) in [6.45, 7) is 2.03. The first-order valence-electron chi connectivity index (χ1n) is 9.29. The Morgan fingerprint density at radius 2 is 1.88 bits per heavy atom. The summed E-state index contributed by atoms with van der Waals surface area (Å²) in [6, 6.07) is -0.126. The molecule has 4 aliphatic carbocycles. The van der Waals surface area contributed by atoms with Gasteiger partial charge in [0.1, 0.15) is 0 Å². The minimum Gasteiger partial charge on any atom is -0.465 e. The van der Waals surface area contributed by atoms with E-state index < -0.39 is 12.0 Å². The van der Waals surface area contributed by atoms with Crippen LogP contribution >= 0.6 is 11.3 Å². The molecule has 1 heterocycles. The zero-order valence-electron chi connectivity index (χ0n) is 14.9. The topological polar surface area (TPSA) is 103 Å². The lowest BCUT2D eigenvalue weighted by molar-refractivity contribution is -0.128. The van der Waals surface area contributed by atoms with Crippen LogP contribution in [0.15, 0.2) is 5.38 Å². The molecule has 1 aromatic heterocycles. The Bertz CT molecular complexity index is 684. The summed E-state index contributed by atoms with van der Waals surface area (Å²) >= 11 is 1.24. The minimum absolute atomic E-state index is 0.0570. The van der Waals surface area contributed by atoms with Gasteiger partial charge in [-0.2, -0.15) is 0 Å². The maximum absolute atomic E-state index is 12.1. The van der Waals surface area contributed by atoms with Gasteiger partial charge in [-0.15, -0.1) is 11.3 Å². The van der Waals surface area contributed by atoms with Crippen molar-refractivity contribution >= 4 is 28.5 Å². The number of hydroxylamine groups is 1. The van der Waals surface area contributed by atoms with Crippen LogP contribution in [-0.4, -0.2) is 33.3 Å². The van der Waals surface area contributed by atoms with Crippen molar-refractivity contribution in [2.75, 3.05) is 4.90 Å². The molecule has 1 aromatic rings. The molecule has 0 aliphatic heterocycles. The predicted octanol–water partition coefficient (Wildman–Crippen LogP) is 3.28. The van der Waals surface area contributed by atoms with Crippen molar-refractivity contribution in [1.82, 2.24) is 10.5 Å². The second-order valence-electron chi connectivity index (χ2n) is 8.44. The van der Waals surface area contributed by atoms with Crippen LogP contribution in [0.5, 0.6) is 0 Å². The molecule has 2 amide bonds. The van der Waals surface area contributed by atoms with Crippen LogP contribution in [0.1, 0.15) is 51.1 Å². The van der Waals surface area contributed by atoms with Gasteiger partial charge in [-0.1, -0.05) is 0 Å². The predicted molar refractivity (Wildman–Crippen MR) is 96.3 cm³/mol. The first-order chi connectivity index (χ1) is 12.4. The molecule has 1 unspecified atom stereocenters. The number of hydrogen-bond donors (Lipinski definition) is 3. The Morgan fingerprint density at radius 3 is 2.38 bits per heavy atom. The van der Waals surface area contributed by atoms with E-state index in [9.17, 15) is 14.7 Å². The van der Waals surface area contributed by atoms with Crippen LogP contribution < -0.4 is 10.4 Å². The number of amides is 2. The van der Waals surface area contributed by atoms with Crippen molar-refractivity contribution in [3.05, 3.63) is 11.1 Å². The van der Waals surface area contributed by atoms with Crippen molar-refractivity contribution in [2.45, 2.75) is 57.9 Å². The summed E-state index contributed by atoms with van der Waals surface area (Å²) < 4.78 is 0. The van der Waals surface area contributed by atoms with Crippen LogP contribution in [-0.2, 0) is 11.2 Å². The third-order valence-corrected chi connectivity index (χ3v) is 7.67. The van der Waals surface area contributed by atoms with E-state index in [4.69, 9.17) is 5.21 Å². The van der Waals surface area contributed by atoms with E-state index in [0.717, 1.165) is 37.0 Å². The van der Waals surface area contributed by atoms with Crippen molar-refractivity contribution in [3.8, 4) is 0 Å². The minimum atomic E-state index is -0.985. The summed E-state index contributed by atoms with van der Waals surface area (Å²) in [7, 11) is 0. The highest BCUT2D eigenvalue weighted by atomic mass is 32.1. The second-order valence-corrected chi connectivity index (χ2v) is 9.28. The number of rotatable bonds is 5. The lowest BCUT2D eigenvalue weighted by atomic mass is 9.48. The maximum Gasteiger partial charge on any atom is 0.413 e. The van der Waals surface area contributed by atoms with Crippen LogP contribution in [0.4, 0.5) is 9.93 Å². The highest BCUT2D eigenvalue weighted by Gasteiger charge is 2.55.